The third-order valence-corrected chi connectivity index (χ3v) is 4.69. The van der Waals surface area contributed by atoms with Gasteiger partial charge >= 0.3 is 0 Å². The number of halogens is 1. The third-order valence-electron chi connectivity index (χ3n) is 4.33. The highest BCUT2D eigenvalue weighted by Crippen LogP contribution is 2.30. The van der Waals surface area contributed by atoms with E-state index in [9.17, 15) is 0 Å². The molecule has 118 valence electrons. The molecule has 1 unspecified atom stereocenters. The van der Waals surface area contributed by atoms with Crippen LogP contribution in [-0.4, -0.2) is 19.1 Å². The van der Waals surface area contributed by atoms with Gasteiger partial charge in [0.15, 0.2) is 0 Å². The van der Waals surface area contributed by atoms with Gasteiger partial charge in [-0.1, -0.05) is 38.4 Å². The first kappa shape index (κ1) is 16.6. The lowest BCUT2D eigenvalue weighted by atomic mass is 9.99. The Bertz CT molecular complexity index is 445. The van der Waals surface area contributed by atoms with Gasteiger partial charge in [-0.2, -0.15) is 0 Å². The maximum absolute atomic E-state index is 6.49. The number of hydrogen-bond donors (Lipinski definition) is 1. The molecule has 0 bridgehead atoms. The number of anilines is 1. The summed E-state index contributed by atoms with van der Waals surface area (Å²) in [7, 11) is 0. The minimum Gasteiger partial charge on any atom is -0.369 e. The second-order valence-corrected chi connectivity index (χ2v) is 6.96. The smallest absolute Gasteiger partial charge is 0.0471 e. The summed E-state index contributed by atoms with van der Waals surface area (Å²) in [6, 6.07) is 7.26. The maximum atomic E-state index is 6.49. The van der Waals surface area contributed by atoms with Crippen LogP contribution < -0.4 is 10.2 Å². The van der Waals surface area contributed by atoms with Gasteiger partial charge < -0.3 is 10.2 Å². The Morgan fingerprint density at radius 3 is 2.81 bits per heavy atom. The Morgan fingerprint density at radius 2 is 2.14 bits per heavy atom. The van der Waals surface area contributed by atoms with Gasteiger partial charge in [-0.15, -0.1) is 0 Å². The summed E-state index contributed by atoms with van der Waals surface area (Å²) in [5.41, 5.74) is 2.49. The van der Waals surface area contributed by atoms with Gasteiger partial charge in [-0.25, -0.2) is 0 Å². The number of nitrogens with zero attached hydrogens (tertiary/aromatic N) is 1. The van der Waals surface area contributed by atoms with Crippen molar-refractivity contribution in [2.75, 3.05) is 18.0 Å². The van der Waals surface area contributed by atoms with E-state index in [2.05, 4.69) is 49.2 Å². The molecule has 0 aromatic heterocycles. The standard InChI is InChI=1S/C18H29ClN2/c1-4-16-7-5-6-10-21(16)17-9-8-15(18(19)11-17)13-20-12-14(2)3/h8-9,11,14,16,20H,4-7,10,12-13H2,1-3H3. The van der Waals surface area contributed by atoms with Crippen LogP contribution in [-0.2, 0) is 6.54 Å². The highest BCUT2D eigenvalue weighted by molar-refractivity contribution is 6.31. The van der Waals surface area contributed by atoms with Gasteiger partial charge in [0.25, 0.3) is 0 Å². The van der Waals surface area contributed by atoms with Gasteiger partial charge in [0.05, 0.1) is 0 Å². The van der Waals surface area contributed by atoms with Gasteiger partial charge in [-0.3, -0.25) is 0 Å². The molecular formula is C18H29ClN2. The third kappa shape index (κ3) is 4.62. The van der Waals surface area contributed by atoms with E-state index in [-0.39, 0.29) is 0 Å². The van der Waals surface area contributed by atoms with Crippen molar-refractivity contribution < 1.29 is 0 Å². The van der Waals surface area contributed by atoms with E-state index in [4.69, 9.17) is 11.6 Å². The van der Waals surface area contributed by atoms with Crippen LogP contribution in [0.25, 0.3) is 0 Å². The molecule has 1 fully saturated rings. The largest absolute Gasteiger partial charge is 0.369 e. The molecule has 1 heterocycles. The van der Waals surface area contributed by atoms with Crippen molar-refractivity contribution in [2.24, 2.45) is 5.92 Å². The minimum absolute atomic E-state index is 0.668. The van der Waals surface area contributed by atoms with Crippen LogP contribution in [0.5, 0.6) is 0 Å². The van der Waals surface area contributed by atoms with Crippen LogP contribution in [0.4, 0.5) is 5.69 Å². The van der Waals surface area contributed by atoms with Crippen molar-refractivity contribution in [3.8, 4) is 0 Å². The van der Waals surface area contributed by atoms with Crippen LogP contribution in [0.1, 0.15) is 52.0 Å². The Labute approximate surface area is 134 Å². The number of piperidine rings is 1. The second-order valence-electron chi connectivity index (χ2n) is 6.55. The summed E-state index contributed by atoms with van der Waals surface area (Å²) in [6.45, 7) is 9.78. The zero-order chi connectivity index (χ0) is 15.2. The summed E-state index contributed by atoms with van der Waals surface area (Å²) in [6.07, 6.45) is 5.19. The van der Waals surface area contributed by atoms with E-state index in [1.54, 1.807) is 0 Å². The first-order valence-electron chi connectivity index (χ1n) is 8.37. The average Bonchev–Trinajstić information content (AvgIpc) is 2.48. The van der Waals surface area contributed by atoms with Gasteiger partial charge in [-0.05, 0) is 55.8 Å². The molecule has 0 spiro atoms. The van der Waals surface area contributed by atoms with E-state index in [0.717, 1.165) is 18.1 Å². The SMILES string of the molecule is CCC1CCCCN1c1ccc(CNCC(C)C)c(Cl)c1. The molecule has 1 aliphatic rings. The monoisotopic (exact) mass is 308 g/mol. The van der Waals surface area contributed by atoms with Crippen LogP contribution in [0.2, 0.25) is 5.02 Å². The second kappa shape index (κ2) is 8.05. The van der Waals surface area contributed by atoms with E-state index in [1.165, 1.54) is 43.5 Å². The molecule has 1 aliphatic heterocycles. The predicted octanol–water partition coefficient (Wildman–Crippen LogP) is 4.85. The summed E-state index contributed by atoms with van der Waals surface area (Å²) >= 11 is 6.49. The quantitative estimate of drug-likeness (QED) is 0.807. The van der Waals surface area contributed by atoms with E-state index < -0.39 is 0 Å². The molecule has 3 heteroatoms. The van der Waals surface area contributed by atoms with Crippen molar-refractivity contribution in [1.82, 2.24) is 5.32 Å². The van der Waals surface area contributed by atoms with Crippen LogP contribution in [0, 0.1) is 5.92 Å². The number of benzene rings is 1. The molecule has 0 saturated carbocycles. The van der Waals surface area contributed by atoms with Crippen LogP contribution >= 0.6 is 11.6 Å². The average molecular weight is 309 g/mol. The highest BCUT2D eigenvalue weighted by atomic mass is 35.5. The van der Waals surface area contributed by atoms with Crippen LogP contribution in [0.3, 0.4) is 0 Å². The fourth-order valence-electron chi connectivity index (χ4n) is 3.12. The topological polar surface area (TPSA) is 15.3 Å². The Kier molecular flexibility index (Phi) is 6.38. The van der Waals surface area contributed by atoms with E-state index in [1.807, 2.05) is 0 Å². The maximum Gasteiger partial charge on any atom is 0.0471 e. The first-order chi connectivity index (χ1) is 10.1. The lowest BCUT2D eigenvalue weighted by Crippen LogP contribution is -2.39. The van der Waals surface area contributed by atoms with Crippen molar-refractivity contribution >= 4 is 17.3 Å². The van der Waals surface area contributed by atoms with Gasteiger partial charge in [0.1, 0.15) is 0 Å². The number of hydrogen-bond acceptors (Lipinski definition) is 2. The molecule has 1 atom stereocenters. The molecule has 2 nitrogen and oxygen atoms in total. The van der Waals surface area contributed by atoms with Crippen molar-refractivity contribution in [3.63, 3.8) is 0 Å². The van der Waals surface area contributed by atoms with E-state index in [0.29, 0.717) is 12.0 Å². The fraction of sp³-hybridized carbons (Fsp3) is 0.667. The molecule has 1 saturated heterocycles. The lowest BCUT2D eigenvalue weighted by Gasteiger charge is -2.37. The zero-order valence-electron chi connectivity index (χ0n) is 13.7. The molecule has 0 amide bonds. The first-order valence-corrected chi connectivity index (χ1v) is 8.75. The minimum atomic E-state index is 0.668. The van der Waals surface area contributed by atoms with Crippen molar-refractivity contribution in [3.05, 3.63) is 28.8 Å². The summed E-state index contributed by atoms with van der Waals surface area (Å²) in [5, 5.41) is 4.36. The zero-order valence-corrected chi connectivity index (χ0v) is 14.4. The number of rotatable bonds is 6. The number of nitrogens with one attached hydrogen (secondary N) is 1. The molecule has 0 aliphatic carbocycles. The lowest BCUT2D eigenvalue weighted by molar-refractivity contribution is 0.450. The highest BCUT2D eigenvalue weighted by Gasteiger charge is 2.21. The molecule has 1 N–H and O–H groups in total. The summed E-state index contributed by atoms with van der Waals surface area (Å²) in [5.74, 6) is 0.668. The van der Waals surface area contributed by atoms with Gasteiger partial charge in [0.2, 0.25) is 0 Å². The Balaban J connectivity index is 2.03. The molecular weight excluding hydrogens is 280 g/mol. The van der Waals surface area contributed by atoms with Crippen LogP contribution in [0.15, 0.2) is 18.2 Å². The molecule has 2 rings (SSSR count). The molecule has 1 aromatic rings. The van der Waals surface area contributed by atoms with Crippen molar-refractivity contribution in [2.45, 2.75) is 59.0 Å². The predicted molar refractivity (Wildman–Crippen MR) is 93.3 cm³/mol. The Hall–Kier alpha value is -0.730. The summed E-state index contributed by atoms with van der Waals surface area (Å²) < 4.78 is 0. The normalized spacial score (nSPS) is 19.3. The van der Waals surface area contributed by atoms with Crippen molar-refractivity contribution in [1.29, 1.82) is 0 Å². The molecule has 21 heavy (non-hydrogen) atoms. The fourth-order valence-corrected chi connectivity index (χ4v) is 3.36. The Morgan fingerprint density at radius 1 is 1.33 bits per heavy atom. The molecule has 0 radical (unpaired) electrons. The van der Waals surface area contributed by atoms with Gasteiger partial charge in [0, 0.05) is 29.8 Å². The molecule has 1 aromatic carbocycles. The van der Waals surface area contributed by atoms with E-state index >= 15 is 0 Å². The summed E-state index contributed by atoms with van der Waals surface area (Å²) in [4.78, 5) is 2.54.